The first-order valence-electron chi connectivity index (χ1n) is 9.95. The number of nitrogens with zero attached hydrogens (tertiary/aromatic N) is 5. The second kappa shape index (κ2) is 7.49. The minimum Gasteiger partial charge on any atom is -0.476 e. The van der Waals surface area contributed by atoms with Crippen LogP contribution in [0, 0.1) is 26.6 Å². The summed E-state index contributed by atoms with van der Waals surface area (Å²) in [7, 11) is 0. The maximum absolute atomic E-state index is 4.96. The zero-order valence-corrected chi connectivity index (χ0v) is 19.5. The topological polar surface area (TPSA) is 36.7 Å². The van der Waals surface area contributed by atoms with Crippen LogP contribution >= 0.6 is 0 Å². The normalized spacial score (nSPS) is 13.8. The molecule has 1 radical (unpaired) electrons. The molecule has 0 fully saturated rings. The Bertz CT molecular complexity index is 1300. The monoisotopic (exact) mass is 582 g/mol. The van der Waals surface area contributed by atoms with Crippen LogP contribution < -0.4 is 9.91 Å². The van der Waals surface area contributed by atoms with Crippen molar-refractivity contribution >= 4 is 17.5 Å². The Kier molecular flexibility index (Phi) is 4.77. The largest absolute Gasteiger partial charge is 0.476 e. The molecule has 6 heteroatoms. The van der Waals surface area contributed by atoms with Gasteiger partial charge in [-0.2, -0.15) is 29.4 Å². The van der Waals surface area contributed by atoms with Crippen molar-refractivity contribution in [3.05, 3.63) is 102 Å². The van der Waals surface area contributed by atoms with E-state index in [1.54, 1.807) is 0 Å². The average Bonchev–Trinajstić information content (AvgIpc) is 3.41. The molecule has 1 aromatic heterocycles. The predicted octanol–water partition coefficient (Wildman–Crippen LogP) is 5.07. The summed E-state index contributed by atoms with van der Waals surface area (Å²) in [5.41, 5.74) is 7.97. The van der Waals surface area contributed by atoms with E-state index >= 15 is 0 Å². The number of amidine groups is 1. The van der Waals surface area contributed by atoms with E-state index in [1.165, 1.54) is 16.7 Å². The summed E-state index contributed by atoms with van der Waals surface area (Å²) in [5.74, 6) is 1.64. The van der Waals surface area contributed by atoms with Crippen LogP contribution in [0.4, 0.5) is 11.6 Å². The van der Waals surface area contributed by atoms with Gasteiger partial charge in [-0.1, -0.05) is 53.7 Å². The molecule has 4 aromatic rings. The number of imidazole rings is 1. The summed E-state index contributed by atoms with van der Waals surface area (Å²) in [4.78, 5) is 6.74. The maximum Gasteiger partial charge on any atom is 0.201 e. The number of aryl methyl sites for hydroxylation is 2. The van der Waals surface area contributed by atoms with Crippen molar-refractivity contribution in [2.45, 2.75) is 13.8 Å². The molecule has 0 unspecified atom stereocenters. The van der Waals surface area contributed by atoms with Gasteiger partial charge in [0.15, 0.2) is 0 Å². The van der Waals surface area contributed by atoms with Gasteiger partial charge < -0.3 is 9.91 Å². The van der Waals surface area contributed by atoms with Gasteiger partial charge in [0.05, 0.1) is 5.69 Å². The molecule has 2 aliphatic rings. The summed E-state index contributed by atoms with van der Waals surface area (Å²) >= 11 is 0. The van der Waals surface area contributed by atoms with E-state index in [9.17, 15) is 0 Å². The fourth-order valence-corrected chi connectivity index (χ4v) is 4.37. The van der Waals surface area contributed by atoms with E-state index < -0.39 is 0 Å². The van der Waals surface area contributed by atoms with Crippen LogP contribution in [0.15, 0.2) is 78.2 Å². The van der Waals surface area contributed by atoms with Crippen LogP contribution in [0.25, 0.3) is 16.8 Å². The third kappa shape index (κ3) is 2.94. The molecule has 3 aromatic carbocycles. The van der Waals surface area contributed by atoms with E-state index in [1.807, 2.05) is 36.2 Å². The fourth-order valence-electron chi connectivity index (χ4n) is 4.37. The number of rotatable bonds is 2. The van der Waals surface area contributed by atoms with E-state index in [0.717, 1.165) is 34.3 Å². The third-order valence-corrected chi connectivity index (χ3v) is 5.70. The number of hydrazone groups is 1. The van der Waals surface area contributed by atoms with Gasteiger partial charge in [0.2, 0.25) is 5.95 Å². The summed E-state index contributed by atoms with van der Waals surface area (Å²) < 4.78 is 2.10. The van der Waals surface area contributed by atoms with Crippen LogP contribution in [0.1, 0.15) is 16.7 Å². The number of anilines is 2. The molecule has 0 N–H and O–H groups in total. The van der Waals surface area contributed by atoms with Crippen molar-refractivity contribution in [2.75, 3.05) is 9.91 Å². The Morgan fingerprint density at radius 1 is 0.871 bits per heavy atom. The molecule has 2 aliphatic heterocycles. The maximum atomic E-state index is 4.96. The molecule has 0 aliphatic carbocycles. The summed E-state index contributed by atoms with van der Waals surface area (Å²) in [6, 6.07) is 24.2. The molecule has 31 heavy (non-hydrogen) atoms. The number of benzene rings is 3. The summed E-state index contributed by atoms with van der Waals surface area (Å²) in [5, 5.41) is 6.81. The predicted molar refractivity (Wildman–Crippen MR) is 120 cm³/mol. The zero-order chi connectivity index (χ0) is 20.2. The van der Waals surface area contributed by atoms with Gasteiger partial charge in [-0.15, -0.1) is 12.2 Å². The number of aromatic nitrogens is 2. The third-order valence-electron chi connectivity index (χ3n) is 5.70. The molecule has 155 valence electrons. The first-order chi connectivity index (χ1) is 14.7. The van der Waals surface area contributed by atoms with Crippen molar-refractivity contribution in [1.82, 2.24) is 9.55 Å². The number of hydrogen-bond acceptors (Lipinski definition) is 4. The van der Waals surface area contributed by atoms with Crippen LogP contribution in [0.3, 0.4) is 0 Å². The number of hydrogen-bond donors (Lipinski definition) is 0. The molecule has 0 bridgehead atoms. The molecule has 5 nitrogen and oxygen atoms in total. The molecule has 0 saturated carbocycles. The van der Waals surface area contributed by atoms with Crippen LogP contribution in [0.2, 0.25) is 0 Å². The van der Waals surface area contributed by atoms with Crippen LogP contribution in [0.5, 0.6) is 0 Å². The average molecular weight is 582 g/mol. The molecular weight excluding hydrogens is 563 g/mol. The molecule has 0 saturated heterocycles. The number of para-hydroxylation sites is 2. The number of fused-ring (bicyclic) bond motifs is 6. The van der Waals surface area contributed by atoms with Crippen LogP contribution in [-0.4, -0.2) is 15.4 Å². The smallest absolute Gasteiger partial charge is 0.201 e. The van der Waals surface area contributed by atoms with Crippen molar-refractivity contribution in [2.24, 2.45) is 5.10 Å². The van der Waals surface area contributed by atoms with E-state index in [0.29, 0.717) is 0 Å². The van der Waals surface area contributed by atoms with Gasteiger partial charge in [-0.25, -0.2) is 4.98 Å². The minimum atomic E-state index is 0. The SMILES string of the molecule is Cc1cccc(C)c1-n1ccnc1N1[CH-]N2C(=N1)c1ccccc1-c1ccc[c-]c12.[Ir]. The van der Waals surface area contributed by atoms with Crippen LogP contribution in [-0.2, 0) is 20.1 Å². The van der Waals surface area contributed by atoms with Crippen molar-refractivity contribution in [3.63, 3.8) is 0 Å². The first-order valence-corrected chi connectivity index (χ1v) is 9.95. The van der Waals surface area contributed by atoms with Crippen molar-refractivity contribution in [3.8, 4) is 16.8 Å². The standard InChI is InChI=1S/C25H19N5.Ir/c1-17-8-7-9-18(2)23(17)28-15-14-26-25(28)30-16-29-22-13-6-5-11-20(22)19-10-3-4-12-21(19)24(29)27-30;/h3-12,14-16H,1-2H3;/q-2;. The summed E-state index contributed by atoms with van der Waals surface area (Å²) in [6.07, 6.45) is 3.81. The Morgan fingerprint density at radius 3 is 2.42 bits per heavy atom. The van der Waals surface area contributed by atoms with E-state index in [2.05, 4.69) is 82.9 Å². The second-order valence-electron chi connectivity index (χ2n) is 7.57. The van der Waals surface area contributed by atoms with Gasteiger partial charge >= 0.3 is 0 Å². The van der Waals surface area contributed by atoms with Gasteiger partial charge in [0.25, 0.3) is 0 Å². The Morgan fingerprint density at radius 2 is 1.61 bits per heavy atom. The second-order valence-corrected chi connectivity index (χ2v) is 7.57. The quantitative estimate of drug-likeness (QED) is 0.310. The fraction of sp³-hybridized carbons (Fsp3) is 0.0800. The van der Waals surface area contributed by atoms with E-state index in [-0.39, 0.29) is 20.1 Å². The Labute approximate surface area is 195 Å². The van der Waals surface area contributed by atoms with Gasteiger partial charge in [-0.3, -0.25) is 4.57 Å². The molecule has 0 atom stereocenters. The van der Waals surface area contributed by atoms with Gasteiger partial charge in [-0.05, 0) is 25.0 Å². The Hall–Kier alpha value is -3.21. The van der Waals surface area contributed by atoms with Crippen molar-refractivity contribution in [1.29, 1.82) is 0 Å². The van der Waals surface area contributed by atoms with Gasteiger partial charge in [0, 0.05) is 38.1 Å². The molecule has 3 heterocycles. The molecule has 0 spiro atoms. The van der Waals surface area contributed by atoms with Gasteiger partial charge in [0.1, 0.15) is 5.84 Å². The van der Waals surface area contributed by atoms with E-state index in [4.69, 9.17) is 5.10 Å². The van der Waals surface area contributed by atoms with Crippen molar-refractivity contribution < 1.29 is 20.1 Å². The molecule has 6 rings (SSSR count). The first kappa shape index (κ1) is 19.7. The Balaban J connectivity index is 0.00000204. The zero-order valence-electron chi connectivity index (χ0n) is 17.1. The molecule has 0 amide bonds. The summed E-state index contributed by atoms with van der Waals surface area (Å²) in [6.45, 7) is 6.24. The molecular formula is C25H19IrN5-2. The minimum absolute atomic E-state index is 0.